The lowest BCUT2D eigenvalue weighted by atomic mass is 10.0. The monoisotopic (exact) mass is 352 g/mol. The van der Waals surface area contributed by atoms with Crippen LogP contribution in [-0.2, 0) is 10.0 Å². The van der Waals surface area contributed by atoms with E-state index in [-0.39, 0.29) is 12.1 Å². The van der Waals surface area contributed by atoms with Gasteiger partial charge in [0.05, 0.1) is 11.1 Å². The summed E-state index contributed by atoms with van der Waals surface area (Å²) in [5.74, 6) is 0.281. The van der Waals surface area contributed by atoms with Crippen LogP contribution in [0.3, 0.4) is 0 Å². The van der Waals surface area contributed by atoms with E-state index in [0.29, 0.717) is 4.90 Å². The zero-order valence-corrected chi connectivity index (χ0v) is 16.5. The summed E-state index contributed by atoms with van der Waals surface area (Å²) >= 11 is 0. The summed E-state index contributed by atoms with van der Waals surface area (Å²) < 4.78 is 29.3. The maximum Gasteiger partial charge on any atom is 0.242 e. The first-order valence-electron chi connectivity index (χ1n) is 9.10. The van der Waals surface area contributed by atoms with Gasteiger partial charge in [0.1, 0.15) is 0 Å². The van der Waals surface area contributed by atoms with Gasteiger partial charge in [-0.05, 0) is 63.7 Å². The van der Waals surface area contributed by atoms with Crippen LogP contribution in [-0.4, -0.2) is 32.6 Å². The number of likely N-dealkylation sites (tertiary alicyclic amines) is 1. The van der Waals surface area contributed by atoms with Gasteiger partial charge in [-0.1, -0.05) is 44.4 Å². The van der Waals surface area contributed by atoms with Gasteiger partial charge in [-0.2, -0.15) is 4.72 Å². The molecule has 2 unspecified atom stereocenters. The maximum atomic E-state index is 13.1. The van der Waals surface area contributed by atoms with Gasteiger partial charge in [-0.25, -0.2) is 8.42 Å². The van der Waals surface area contributed by atoms with Crippen molar-refractivity contribution >= 4 is 10.0 Å². The van der Waals surface area contributed by atoms with E-state index in [1.165, 1.54) is 6.42 Å². The van der Waals surface area contributed by atoms with Gasteiger partial charge in [-0.3, -0.25) is 4.90 Å². The van der Waals surface area contributed by atoms with E-state index < -0.39 is 10.0 Å². The Morgan fingerprint density at radius 1 is 1.08 bits per heavy atom. The molecule has 1 fully saturated rings. The average Bonchev–Trinajstić information content (AvgIpc) is 2.51. The quantitative estimate of drug-likeness (QED) is 0.848. The summed E-state index contributed by atoms with van der Waals surface area (Å²) in [4.78, 5) is 2.76. The lowest BCUT2D eigenvalue weighted by Gasteiger charge is -2.38. The molecule has 1 aromatic carbocycles. The van der Waals surface area contributed by atoms with Gasteiger partial charge in [0.15, 0.2) is 0 Å². The van der Waals surface area contributed by atoms with Crippen molar-refractivity contribution in [2.45, 2.75) is 71.4 Å². The molecule has 1 N–H and O–H groups in total. The molecule has 24 heavy (non-hydrogen) atoms. The third-order valence-electron chi connectivity index (χ3n) is 5.12. The molecule has 1 aliphatic rings. The molecule has 0 spiro atoms. The molecular formula is C19H32N2O2S. The first-order valence-corrected chi connectivity index (χ1v) is 10.6. The smallest absolute Gasteiger partial charge is 0.242 e. The van der Waals surface area contributed by atoms with Crippen LogP contribution in [0.5, 0.6) is 0 Å². The topological polar surface area (TPSA) is 49.4 Å². The zero-order valence-electron chi connectivity index (χ0n) is 15.7. The van der Waals surface area contributed by atoms with E-state index >= 15 is 0 Å². The average molecular weight is 353 g/mol. The number of nitrogens with one attached hydrogen (secondary N) is 1. The number of rotatable bonds is 6. The molecule has 0 aliphatic carbocycles. The van der Waals surface area contributed by atoms with Crippen LogP contribution in [0, 0.1) is 26.7 Å². The molecular weight excluding hydrogens is 320 g/mol. The standard InChI is InChI=1S/C19H32N2O2S/c1-6-15(3)19(21-10-8-7-9-11-21)20-24(22,23)18-16(4)12-14(2)13-17(18)5/h12-13,15,19-20H,6-11H2,1-5H3. The number of nitrogens with zero attached hydrogens (tertiary/aromatic N) is 1. The molecule has 0 amide bonds. The van der Waals surface area contributed by atoms with Crippen LogP contribution in [0.25, 0.3) is 0 Å². The Kier molecular flexibility index (Phi) is 6.46. The Hall–Kier alpha value is -0.910. The van der Waals surface area contributed by atoms with Gasteiger partial charge in [0.2, 0.25) is 10.0 Å². The second-order valence-electron chi connectivity index (χ2n) is 7.28. The van der Waals surface area contributed by atoms with Crippen LogP contribution in [0.15, 0.2) is 17.0 Å². The minimum Gasteiger partial charge on any atom is -0.287 e. The third-order valence-corrected chi connectivity index (χ3v) is 6.85. The van der Waals surface area contributed by atoms with Crippen molar-refractivity contribution in [3.05, 3.63) is 28.8 Å². The molecule has 0 radical (unpaired) electrons. The predicted molar refractivity (Wildman–Crippen MR) is 99.6 cm³/mol. The Morgan fingerprint density at radius 2 is 1.62 bits per heavy atom. The van der Waals surface area contributed by atoms with E-state index in [2.05, 4.69) is 23.5 Å². The fourth-order valence-corrected chi connectivity index (χ4v) is 5.56. The normalized spacial score (nSPS) is 19.2. The lowest BCUT2D eigenvalue weighted by Crippen LogP contribution is -2.53. The Bertz CT molecular complexity index is 641. The van der Waals surface area contributed by atoms with Crippen molar-refractivity contribution in [1.29, 1.82) is 0 Å². The van der Waals surface area contributed by atoms with Crippen molar-refractivity contribution in [3.63, 3.8) is 0 Å². The number of hydrogen-bond acceptors (Lipinski definition) is 3. The SMILES string of the molecule is CCC(C)C(NS(=O)(=O)c1c(C)cc(C)cc1C)N1CCCCC1. The maximum absolute atomic E-state index is 13.1. The van der Waals surface area contributed by atoms with Crippen LogP contribution < -0.4 is 4.72 Å². The largest absolute Gasteiger partial charge is 0.287 e. The summed E-state index contributed by atoms with van der Waals surface area (Å²) in [5.41, 5.74) is 2.74. The molecule has 5 heteroatoms. The van der Waals surface area contributed by atoms with Crippen LogP contribution in [0.1, 0.15) is 56.2 Å². The van der Waals surface area contributed by atoms with Gasteiger partial charge in [0.25, 0.3) is 0 Å². The van der Waals surface area contributed by atoms with Gasteiger partial charge >= 0.3 is 0 Å². The van der Waals surface area contributed by atoms with Crippen molar-refractivity contribution in [3.8, 4) is 0 Å². The van der Waals surface area contributed by atoms with Crippen LogP contribution in [0.2, 0.25) is 0 Å². The van der Waals surface area contributed by atoms with Crippen molar-refractivity contribution < 1.29 is 8.42 Å². The minimum absolute atomic E-state index is 0.125. The van der Waals surface area contributed by atoms with Gasteiger partial charge in [-0.15, -0.1) is 0 Å². The summed E-state index contributed by atoms with van der Waals surface area (Å²) in [6.45, 7) is 12.0. The van der Waals surface area contributed by atoms with Crippen molar-refractivity contribution in [2.75, 3.05) is 13.1 Å². The molecule has 1 saturated heterocycles. The fraction of sp³-hybridized carbons (Fsp3) is 0.684. The summed E-state index contributed by atoms with van der Waals surface area (Å²) in [6, 6.07) is 3.89. The number of piperidine rings is 1. The molecule has 2 rings (SSSR count). The lowest BCUT2D eigenvalue weighted by molar-refractivity contribution is 0.112. The highest BCUT2D eigenvalue weighted by molar-refractivity contribution is 7.89. The number of benzene rings is 1. The number of aryl methyl sites for hydroxylation is 3. The molecule has 0 aromatic heterocycles. The first-order chi connectivity index (χ1) is 11.3. The van der Waals surface area contributed by atoms with Gasteiger partial charge in [0, 0.05) is 0 Å². The highest BCUT2D eigenvalue weighted by Crippen LogP contribution is 2.25. The number of sulfonamides is 1. The van der Waals surface area contributed by atoms with E-state index in [9.17, 15) is 8.42 Å². The zero-order chi connectivity index (χ0) is 17.9. The van der Waals surface area contributed by atoms with E-state index in [4.69, 9.17) is 0 Å². The van der Waals surface area contributed by atoms with E-state index in [1.54, 1.807) is 0 Å². The summed E-state index contributed by atoms with van der Waals surface area (Å²) in [6.07, 6.45) is 4.37. The second-order valence-corrected chi connectivity index (χ2v) is 8.93. The number of hydrogen-bond donors (Lipinski definition) is 1. The van der Waals surface area contributed by atoms with Gasteiger partial charge < -0.3 is 0 Å². The summed E-state index contributed by atoms with van der Waals surface area (Å²) in [7, 11) is -3.53. The highest BCUT2D eigenvalue weighted by Gasteiger charge is 2.31. The van der Waals surface area contributed by atoms with E-state index in [1.807, 2.05) is 32.9 Å². The molecule has 2 atom stereocenters. The molecule has 1 aromatic rings. The van der Waals surface area contributed by atoms with Crippen molar-refractivity contribution in [2.24, 2.45) is 5.92 Å². The Labute approximate surface area is 147 Å². The minimum atomic E-state index is -3.53. The molecule has 0 saturated carbocycles. The second kappa shape index (κ2) is 7.98. The molecule has 136 valence electrons. The van der Waals surface area contributed by atoms with Crippen molar-refractivity contribution in [1.82, 2.24) is 9.62 Å². The molecule has 1 heterocycles. The third kappa shape index (κ3) is 4.38. The Balaban J connectivity index is 2.33. The molecule has 4 nitrogen and oxygen atoms in total. The van der Waals surface area contributed by atoms with Crippen LogP contribution in [0.4, 0.5) is 0 Å². The van der Waals surface area contributed by atoms with E-state index in [0.717, 1.165) is 49.0 Å². The van der Waals surface area contributed by atoms with Crippen LogP contribution >= 0.6 is 0 Å². The highest BCUT2D eigenvalue weighted by atomic mass is 32.2. The molecule has 1 aliphatic heterocycles. The molecule has 0 bridgehead atoms. The Morgan fingerprint density at radius 3 is 2.12 bits per heavy atom. The predicted octanol–water partition coefficient (Wildman–Crippen LogP) is 3.75. The first kappa shape index (κ1) is 19.4. The summed E-state index contributed by atoms with van der Waals surface area (Å²) in [5, 5.41) is 0. The fourth-order valence-electron chi connectivity index (χ4n) is 3.78.